The van der Waals surface area contributed by atoms with Gasteiger partial charge in [0.05, 0.1) is 18.2 Å². The van der Waals surface area contributed by atoms with Gasteiger partial charge < -0.3 is 20.5 Å². The summed E-state index contributed by atoms with van der Waals surface area (Å²) in [5.41, 5.74) is 5.21. The summed E-state index contributed by atoms with van der Waals surface area (Å²) in [7, 11) is 1.61. The second kappa shape index (κ2) is 9.49. The van der Waals surface area contributed by atoms with Crippen molar-refractivity contribution >= 4 is 22.8 Å². The number of benzene rings is 3. The number of fused-ring (bicyclic) bond motifs is 1. The summed E-state index contributed by atoms with van der Waals surface area (Å²) in [6, 6.07) is 15.3. The van der Waals surface area contributed by atoms with Crippen molar-refractivity contribution in [3.8, 4) is 33.8 Å². The molecule has 184 valence electrons. The lowest BCUT2D eigenvalue weighted by molar-refractivity contribution is 0.0951. The Hall–Kier alpha value is -4.13. The number of rotatable bonds is 7. The molecule has 1 heterocycles. The highest BCUT2D eigenvalue weighted by atomic mass is 16.5. The molecule has 1 saturated carbocycles. The Morgan fingerprint density at radius 3 is 2.56 bits per heavy atom. The number of aromatic hydroxyl groups is 1. The number of para-hydroxylation sites is 1. The molecule has 36 heavy (non-hydrogen) atoms. The number of nitrogens with one attached hydrogen (secondary N) is 2. The third kappa shape index (κ3) is 4.56. The lowest BCUT2D eigenvalue weighted by Gasteiger charge is -2.19. The van der Waals surface area contributed by atoms with E-state index in [1.54, 1.807) is 25.4 Å². The minimum atomic E-state index is -0.0767. The van der Waals surface area contributed by atoms with Crippen LogP contribution in [0.15, 0.2) is 54.7 Å². The van der Waals surface area contributed by atoms with Gasteiger partial charge in [-0.15, -0.1) is 0 Å². The van der Waals surface area contributed by atoms with Gasteiger partial charge in [0.1, 0.15) is 11.5 Å². The van der Waals surface area contributed by atoms with Crippen LogP contribution in [0.2, 0.25) is 0 Å². The molecular formula is C29H30N4O3. The van der Waals surface area contributed by atoms with Crippen LogP contribution in [0.3, 0.4) is 0 Å². The number of aromatic nitrogens is 2. The molecule has 7 nitrogen and oxygen atoms in total. The molecule has 4 aromatic rings. The van der Waals surface area contributed by atoms with Gasteiger partial charge in [0.2, 0.25) is 5.95 Å². The highest BCUT2D eigenvalue weighted by Gasteiger charge is 2.25. The molecule has 0 radical (unpaired) electrons. The number of anilines is 1. The van der Waals surface area contributed by atoms with Crippen LogP contribution in [0.25, 0.3) is 33.2 Å². The molecule has 7 heteroatoms. The van der Waals surface area contributed by atoms with Crippen molar-refractivity contribution in [3.63, 3.8) is 0 Å². The van der Waals surface area contributed by atoms with Crippen molar-refractivity contribution in [3.05, 3.63) is 65.9 Å². The zero-order valence-electron chi connectivity index (χ0n) is 20.9. The summed E-state index contributed by atoms with van der Waals surface area (Å²) in [6.07, 6.45) is 3.83. The van der Waals surface area contributed by atoms with Crippen LogP contribution in [-0.4, -0.2) is 40.2 Å². The highest BCUT2D eigenvalue weighted by molar-refractivity contribution is 6.04. The van der Waals surface area contributed by atoms with Crippen LogP contribution in [0.4, 0.5) is 5.95 Å². The van der Waals surface area contributed by atoms with Crippen molar-refractivity contribution in [2.45, 2.75) is 45.7 Å². The first-order valence-corrected chi connectivity index (χ1v) is 12.2. The molecule has 1 fully saturated rings. The SMILES string of the molecule is COc1c(-c2cc(C(=O)NC3CC3)ccc2C)cc2cnc(NC(C)C)nc2c1-c1ccccc1O. The molecule has 1 amide bonds. The number of phenols is 1. The number of hydrogen-bond donors (Lipinski definition) is 3. The highest BCUT2D eigenvalue weighted by Crippen LogP contribution is 2.46. The normalized spacial score (nSPS) is 13.1. The number of nitrogens with zero attached hydrogens (tertiary/aromatic N) is 2. The van der Waals surface area contributed by atoms with Crippen LogP contribution in [0, 0.1) is 6.92 Å². The van der Waals surface area contributed by atoms with Gasteiger partial charge >= 0.3 is 0 Å². The van der Waals surface area contributed by atoms with Crippen LogP contribution in [0.5, 0.6) is 11.5 Å². The third-order valence-electron chi connectivity index (χ3n) is 6.32. The average Bonchev–Trinajstić information content (AvgIpc) is 3.67. The maximum atomic E-state index is 12.8. The van der Waals surface area contributed by atoms with Gasteiger partial charge in [0.25, 0.3) is 5.91 Å². The number of phenolic OH excluding ortho intramolecular Hbond substituents is 1. The number of carbonyl (C=O) groups excluding carboxylic acids is 1. The standard InChI is InChI=1S/C29H30N4O3/c1-16(2)31-29-30-15-19-14-23(22-13-18(10-9-17(22)3)28(35)32-20-11-12-20)27(36-4)25(26(19)33-29)21-7-5-6-8-24(21)34/h5-10,13-16,20,34H,11-12H2,1-4H3,(H,32,35)(H,30,31,33). The fourth-order valence-corrected chi connectivity index (χ4v) is 4.38. The average molecular weight is 483 g/mol. The van der Waals surface area contributed by atoms with Crippen molar-refractivity contribution < 1.29 is 14.6 Å². The van der Waals surface area contributed by atoms with Crippen molar-refractivity contribution in [2.24, 2.45) is 0 Å². The van der Waals surface area contributed by atoms with Crippen molar-refractivity contribution in [2.75, 3.05) is 12.4 Å². The van der Waals surface area contributed by atoms with E-state index in [-0.39, 0.29) is 23.7 Å². The summed E-state index contributed by atoms with van der Waals surface area (Å²) in [5.74, 6) is 1.12. The van der Waals surface area contributed by atoms with E-state index >= 15 is 0 Å². The first kappa shape index (κ1) is 23.6. The minimum absolute atomic E-state index is 0.0767. The van der Waals surface area contributed by atoms with E-state index in [0.29, 0.717) is 33.9 Å². The van der Waals surface area contributed by atoms with E-state index in [2.05, 4.69) is 15.6 Å². The Bertz CT molecular complexity index is 1460. The Labute approximate surface area is 210 Å². The van der Waals surface area contributed by atoms with Gasteiger partial charge in [-0.25, -0.2) is 9.97 Å². The molecular weight excluding hydrogens is 452 g/mol. The van der Waals surface area contributed by atoms with E-state index in [9.17, 15) is 9.90 Å². The Balaban J connectivity index is 1.77. The zero-order chi connectivity index (χ0) is 25.4. The molecule has 3 aromatic carbocycles. The lowest BCUT2D eigenvalue weighted by Crippen LogP contribution is -2.25. The number of aryl methyl sites for hydroxylation is 1. The largest absolute Gasteiger partial charge is 0.507 e. The van der Waals surface area contributed by atoms with Gasteiger partial charge in [-0.3, -0.25) is 4.79 Å². The molecule has 5 rings (SSSR count). The van der Waals surface area contributed by atoms with Crippen LogP contribution in [0.1, 0.15) is 42.6 Å². The number of methoxy groups -OCH3 is 1. The van der Waals surface area contributed by atoms with Crippen molar-refractivity contribution in [1.29, 1.82) is 0 Å². The third-order valence-corrected chi connectivity index (χ3v) is 6.32. The predicted molar refractivity (Wildman–Crippen MR) is 143 cm³/mol. The molecule has 0 unspecified atom stereocenters. The van der Waals surface area contributed by atoms with Gasteiger partial charge in [-0.1, -0.05) is 24.3 Å². The van der Waals surface area contributed by atoms with Crippen LogP contribution < -0.4 is 15.4 Å². The molecule has 0 aliphatic heterocycles. The van der Waals surface area contributed by atoms with E-state index in [1.807, 2.05) is 57.2 Å². The summed E-state index contributed by atoms with van der Waals surface area (Å²) >= 11 is 0. The fraction of sp³-hybridized carbons (Fsp3) is 0.276. The zero-order valence-corrected chi connectivity index (χ0v) is 20.9. The van der Waals surface area contributed by atoms with E-state index in [4.69, 9.17) is 9.72 Å². The number of hydrogen-bond acceptors (Lipinski definition) is 6. The Kier molecular flexibility index (Phi) is 6.22. The topological polar surface area (TPSA) is 96.4 Å². The molecule has 1 aliphatic rings. The number of amides is 1. The van der Waals surface area contributed by atoms with Crippen LogP contribution >= 0.6 is 0 Å². The summed E-state index contributed by atoms with van der Waals surface area (Å²) in [4.78, 5) is 22.1. The van der Waals surface area contributed by atoms with E-state index in [0.717, 1.165) is 34.9 Å². The van der Waals surface area contributed by atoms with Gasteiger partial charge in [0.15, 0.2) is 0 Å². The minimum Gasteiger partial charge on any atom is -0.507 e. The van der Waals surface area contributed by atoms with Gasteiger partial charge in [-0.2, -0.15) is 0 Å². The second-order valence-corrected chi connectivity index (χ2v) is 9.56. The summed E-state index contributed by atoms with van der Waals surface area (Å²) in [6.45, 7) is 6.06. The van der Waals surface area contributed by atoms with Crippen molar-refractivity contribution in [1.82, 2.24) is 15.3 Å². The number of carbonyl (C=O) groups is 1. The fourth-order valence-electron chi connectivity index (χ4n) is 4.38. The maximum Gasteiger partial charge on any atom is 0.251 e. The predicted octanol–water partition coefficient (Wildman–Crippen LogP) is 5.70. The monoisotopic (exact) mass is 482 g/mol. The molecule has 1 aromatic heterocycles. The Morgan fingerprint density at radius 1 is 1.08 bits per heavy atom. The van der Waals surface area contributed by atoms with Gasteiger partial charge in [-0.05, 0) is 69.0 Å². The molecule has 0 atom stereocenters. The van der Waals surface area contributed by atoms with Gasteiger partial charge in [0, 0.05) is 40.4 Å². The van der Waals surface area contributed by atoms with E-state index < -0.39 is 0 Å². The Morgan fingerprint density at radius 2 is 1.86 bits per heavy atom. The van der Waals surface area contributed by atoms with E-state index in [1.165, 1.54) is 0 Å². The molecule has 3 N–H and O–H groups in total. The van der Waals surface area contributed by atoms with Crippen LogP contribution in [-0.2, 0) is 0 Å². The molecule has 0 saturated heterocycles. The molecule has 0 spiro atoms. The second-order valence-electron chi connectivity index (χ2n) is 9.56. The first-order valence-electron chi connectivity index (χ1n) is 12.2. The molecule has 1 aliphatic carbocycles. The lowest BCUT2D eigenvalue weighted by atomic mass is 9.91. The summed E-state index contributed by atoms with van der Waals surface area (Å²) in [5, 5.41) is 17.9. The number of ether oxygens (including phenoxy) is 1. The smallest absolute Gasteiger partial charge is 0.251 e. The first-order chi connectivity index (χ1) is 17.4. The molecule has 0 bridgehead atoms. The maximum absolute atomic E-state index is 12.8. The summed E-state index contributed by atoms with van der Waals surface area (Å²) < 4.78 is 6.01. The quantitative estimate of drug-likeness (QED) is 0.313.